The van der Waals surface area contributed by atoms with Gasteiger partial charge in [0.1, 0.15) is 0 Å². The number of halogens is 3. The van der Waals surface area contributed by atoms with Gasteiger partial charge in [-0.05, 0) is 60.4 Å². The number of rotatable bonds is 2. The van der Waals surface area contributed by atoms with Crippen LogP contribution in [0.4, 0.5) is 0 Å². The van der Waals surface area contributed by atoms with Crippen LogP contribution in [0.2, 0.25) is 5.02 Å². The van der Waals surface area contributed by atoms with Crippen LogP contribution in [0, 0.1) is 0 Å². The molecule has 20 heavy (non-hydrogen) atoms. The molecule has 1 aliphatic heterocycles. The lowest BCUT2D eigenvalue weighted by atomic mass is 10.1. The van der Waals surface area contributed by atoms with E-state index < -0.39 is 0 Å². The lowest BCUT2D eigenvalue weighted by Gasteiger charge is -2.27. The number of benzene rings is 1. The van der Waals surface area contributed by atoms with Gasteiger partial charge in [0.2, 0.25) is 0 Å². The minimum absolute atomic E-state index is 0. The summed E-state index contributed by atoms with van der Waals surface area (Å²) < 4.78 is 0.760. The molecule has 3 nitrogen and oxygen atoms in total. The van der Waals surface area contributed by atoms with Crippen LogP contribution in [0.3, 0.4) is 0 Å². The molecule has 1 amide bonds. The zero-order valence-corrected chi connectivity index (χ0v) is 14.5. The monoisotopic (exact) mass is 380 g/mol. The molecule has 1 unspecified atom stereocenters. The summed E-state index contributed by atoms with van der Waals surface area (Å²) in [6.07, 6.45) is 3.14. The molecule has 0 saturated carbocycles. The number of carbonyl (C=O) groups excluding carboxylic acids is 1. The molecule has 0 aliphatic carbocycles. The summed E-state index contributed by atoms with van der Waals surface area (Å²) in [5, 5.41) is 3.85. The molecule has 1 fully saturated rings. The van der Waals surface area contributed by atoms with Gasteiger partial charge in [-0.2, -0.15) is 0 Å². The SMILES string of the molecule is CN(C(=O)c1cccc(Br)c1Cl)C1CCCNCC1.Cl. The molecule has 1 aromatic rings. The van der Waals surface area contributed by atoms with E-state index in [4.69, 9.17) is 11.6 Å². The van der Waals surface area contributed by atoms with Crippen molar-refractivity contribution in [2.75, 3.05) is 20.1 Å². The van der Waals surface area contributed by atoms with Gasteiger partial charge in [0.15, 0.2) is 0 Å². The van der Waals surface area contributed by atoms with Gasteiger partial charge in [0.05, 0.1) is 10.6 Å². The van der Waals surface area contributed by atoms with Crippen molar-refractivity contribution in [3.8, 4) is 0 Å². The van der Waals surface area contributed by atoms with Crippen molar-refractivity contribution in [3.05, 3.63) is 33.3 Å². The van der Waals surface area contributed by atoms with E-state index in [1.54, 1.807) is 6.07 Å². The summed E-state index contributed by atoms with van der Waals surface area (Å²) in [6, 6.07) is 5.75. The largest absolute Gasteiger partial charge is 0.339 e. The predicted molar refractivity (Wildman–Crippen MR) is 89.0 cm³/mol. The van der Waals surface area contributed by atoms with Crippen molar-refractivity contribution in [2.24, 2.45) is 0 Å². The highest BCUT2D eigenvalue weighted by atomic mass is 79.9. The van der Waals surface area contributed by atoms with Gasteiger partial charge < -0.3 is 10.2 Å². The first kappa shape index (κ1) is 17.8. The van der Waals surface area contributed by atoms with E-state index in [1.807, 2.05) is 24.1 Å². The Balaban J connectivity index is 0.00000200. The number of nitrogens with one attached hydrogen (secondary N) is 1. The van der Waals surface area contributed by atoms with Crippen LogP contribution < -0.4 is 5.32 Å². The van der Waals surface area contributed by atoms with E-state index in [0.29, 0.717) is 10.6 Å². The van der Waals surface area contributed by atoms with Gasteiger partial charge >= 0.3 is 0 Å². The maximum Gasteiger partial charge on any atom is 0.255 e. The van der Waals surface area contributed by atoms with E-state index in [0.717, 1.165) is 36.8 Å². The minimum Gasteiger partial charge on any atom is -0.339 e. The number of amides is 1. The molecule has 1 saturated heterocycles. The topological polar surface area (TPSA) is 32.3 Å². The summed E-state index contributed by atoms with van der Waals surface area (Å²) in [5.74, 6) is -0.00167. The van der Waals surface area contributed by atoms with Crippen LogP contribution in [0.5, 0.6) is 0 Å². The zero-order valence-electron chi connectivity index (χ0n) is 11.4. The molecule has 0 bridgehead atoms. The molecule has 2 rings (SSSR count). The smallest absolute Gasteiger partial charge is 0.255 e. The zero-order chi connectivity index (χ0) is 13.8. The Morgan fingerprint density at radius 2 is 2.15 bits per heavy atom. The first-order valence-electron chi connectivity index (χ1n) is 6.53. The van der Waals surface area contributed by atoms with Gasteiger partial charge in [0.25, 0.3) is 5.91 Å². The molecule has 112 valence electrons. The summed E-state index contributed by atoms with van der Waals surface area (Å²) >= 11 is 9.56. The third kappa shape index (κ3) is 4.10. The van der Waals surface area contributed by atoms with Gasteiger partial charge in [0, 0.05) is 17.6 Å². The number of hydrogen-bond acceptors (Lipinski definition) is 2. The van der Waals surface area contributed by atoms with Gasteiger partial charge in [-0.25, -0.2) is 0 Å². The molecule has 1 N–H and O–H groups in total. The Hall–Kier alpha value is -0.290. The first-order chi connectivity index (χ1) is 9.11. The van der Waals surface area contributed by atoms with E-state index >= 15 is 0 Å². The van der Waals surface area contributed by atoms with Gasteiger partial charge in [-0.15, -0.1) is 12.4 Å². The molecule has 0 spiro atoms. The van der Waals surface area contributed by atoms with Gasteiger partial charge in [-0.3, -0.25) is 4.79 Å². The van der Waals surface area contributed by atoms with Crippen molar-refractivity contribution in [1.29, 1.82) is 0 Å². The van der Waals surface area contributed by atoms with Crippen molar-refractivity contribution in [3.63, 3.8) is 0 Å². The van der Waals surface area contributed by atoms with E-state index in [2.05, 4.69) is 21.2 Å². The second-order valence-corrected chi connectivity index (χ2v) is 6.08. The van der Waals surface area contributed by atoms with Crippen molar-refractivity contribution in [2.45, 2.75) is 25.3 Å². The summed E-state index contributed by atoms with van der Waals surface area (Å²) in [5.41, 5.74) is 0.566. The number of hydrogen-bond donors (Lipinski definition) is 1. The Bertz CT molecular complexity index is 462. The quantitative estimate of drug-likeness (QED) is 0.846. The predicted octanol–water partition coefficient (Wildman–Crippen LogP) is 3.74. The third-order valence-corrected chi connectivity index (χ3v) is 4.89. The Morgan fingerprint density at radius 1 is 1.40 bits per heavy atom. The fraction of sp³-hybridized carbons (Fsp3) is 0.500. The Kier molecular flexibility index (Phi) is 7.30. The average Bonchev–Trinajstić information content (AvgIpc) is 2.69. The summed E-state index contributed by atoms with van der Waals surface area (Å²) in [4.78, 5) is 14.4. The van der Waals surface area contributed by atoms with Gasteiger partial charge in [-0.1, -0.05) is 17.7 Å². The fourth-order valence-corrected chi connectivity index (χ4v) is 2.99. The van der Waals surface area contributed by atoms with Crippen molar-refractivity contribution in [1.82, 2.24) is 10.2 Å². The van der Waals surface area contributed by atoms with Crippen molar-refractivity contribution < 1.29 is 4.79 Å². The van der Waals surface area contributed by atoms with E-state index in [-0.39, 0.29) is 24.4 Å². The Morgan fingerprint density at radius 3 is 2.90 bits per heavy atom. The van der Waals surface area contributed by atoms with E-state index in [9.17, 15) is 4.79 Å². The molecule has 0 radical (unpaired) electrons. The number of nitrogens with zero attached hydrogens (tertiary/aromatic N) is 1. The normalized spacial score (nSPS) is 18.9. The molecular weight excluding hydrogens is 363 g/mol. The Labute approximate surface area is 139 Å². The first-order valence-corrected chi connectivity index (χ1v) is 7.70. The average molecular weight is 382 g/mol. The van der Waals surface area contributed by atoms with Crippen LogP contribution in [0.25, 0.3) is 0 Å². The third-order valence-electron chi connectivity index (χ3n) is 3.60. The molecule has 6 heteroatoms. The van der Waals surface area contributed by atoms with Crippen LogP contribution in [-0.4, -0.2) is 37.0 Å². The van der Waals surface area contributed by atoms with Crippen molar-refractivity contribution >= 4 is 45.8 Å². The standard InChI is InChI=1S/C14H18BrClN2O.ClH/c1-18(10-4-3-8-17-9-7-10)14(19)11-5-2-6-12(15)13(11)16;/h2,5-6,10,17H,3-4,7-9H2,1H3;1H. The molecule has 1 heterocycles. The highest BCUT2D eigenvalue weighted by Gasteiger charge is 2.23. The molecule has 1 atom stereocenters. The summed E-state index contributed by atoms with van der Waals surface area (Å²) in [6.45, 7) is 2.00. The van der Waals surface area contributed by atoms with E-state index in [1.165, 1.54) is 0 Å². The summed E-state index contributed by atoms with van der Waals surface area (Å²) in [7, 11) is 1.87. The highest BCUT2D eigenvalue weighted by molar-refractivity contribution is 9.10. The second-order valence-electron chi connectivity index (χ2n) is 4.85. The lowest BCUT2D eigenvalue weighted by Crippen LogP contribution is -2.37. The molecular formula is C14H19BrCl2N2O. The number of carbonyl (C=O) groups is 1. The lowest BCUT2D eigenvalue weighted by molar-refractivity contribution is 0.0720. The molecule has 1 aliphatic rings. The maximum absolute atomic E-state index is 12.5. The van der Waals surface area contributed by atoms with Crippen LogP contribution in [-0.2, 0) is 0 Å². The van der Waals surface area contributed by atoms with Crippen LogP contribution >= 0.6 is 39.9 Å². The van der Waals surface area contributed by atoms with Crippen LogP contribution in [0.1, 0.15) is 29.6 Å². The molecule has 1 aromatic carbocycles. The van der Waals surface area contributed by atoms with Crippen LogP contribution in [0.15, 0.2) is 22.7 Å². The highest BCUT2D eigenvalue weighted by Crippen LogP contribution is 2.27. The molecule has 0 aromatic heterocycles. The maximum atomic E-state index is 12.5. The fourth-order valence-electron chi connectivity index (χ4n) is 2.41. The minimum atomic E-state index is -0.00167. The second kappa shape index (κ2) is 8.23.